The molecule has 1 nitrogen and oxygen atoms in total. The Morgan fingerprint density at radius 3 is 2.38 bits per heavy atom. The van der Waals surface area contributed by atoms with E-state index in [1.165, 1.54) is 46.2 Å². The topological polar surface area (TPSA) is 12.0 Å². The van der Waals surface area contributed by atoms with E-state index >= 15 is 0 Å². The molecule has 0 saturated heterocycles. The van der Waals surface area contributed by atoms with E-state index in [4.69, 9.17) is 11.6 Å². The fourth-order valence-electron chi connectivity index (χ4n) is 2.67. The summed E-state index contributed by atoms with van der Waals surface area (Å²) in [5, 5.41) is 4.38. The molecule has 0 aliphatic heterocycles. The van der Waals surface area contributed by atoms with Gasteiger partial charge in [-0.25, -0.2) is 0 Å². The first kappa shape index (κ1) is 14.6. The van der Waals surface area contributed by atoms with Gasteiger partial charge in [0.05, 0.1) is 0 Å². The molecule has 0 bridgehead atoms. The highest BCUT2D eigenvalue weighted by Crippen LogP contribution is 2.30. The lowest BCUT2D eigenvalue weighted by Crippen LogP contribution is -2.15. The van der Waals surface area contributed by atoms with Crippen LogP contribution in [0.3, 0.4) is 0 Å². The second-order valence-electron chi connectivity index (χ2n) is 6.21. The van der Waals surface area contributed by atoms with Crippen molar-refractivity contribution in [1.82, 2.24) is 5.32 Å². The molecule has 1 aliphatic carbocycles. The van der Waals surface area contributed by atoms with Crippen LogP contribution in [0.5, 0.6) is 0 Å². The highest BCUT2D eigenvalue weighted by Gasteiger charge is 2.20. The van der Waals surface area contributed by atoms with Gasteiger partial charge in [-0.15, -0.1) is 0 Å². The maximum Gasteiger partial charge on any atom is 0.0457 e. The van der Waals surface area contributed by atoms with Crippen molar-refractivity contribution in [2.45, 2.75) is 46.2 Å². The van der Waals surface area contributed by atoms with Crippen molar-refractivity contribution in [2.75, 3.05) is 0 Å². The summed E-state index contributed by atoms with van der Waals surface area (Å²) in [6.07, 6.45) is 2.61. The number of rotatable bonds is 4. The monoisotopic (exact) mass is 299 g/mol. The lowest BCUT2D eigenvalue weighted by Gasteiger charge is -2.12. The van der Waals surface area contributed by atoms with E-state index < -0.39 is 0 Å². The number of halogens is 1. The second-order valence-corrected chi connectivity index (χ2v) is 6.62. The second kappa shape index (κ2) is 5.82. The molecule has 2 aromatic rings. The fraction of sp³-hybridized carbons (Fsp3) is 0.368. The number of hydrogen-bond donors (Lipinski definition) is 1. The third kappa shape index (κ3) is 3.30. The first-order chi connectivity index (χ1) is 10.0. The summed E-state index contributed by atoms with van der Waals surface area (Å²) >= 11 is 6.47. The van der Waals surface area contributed by atoms with Crippen LogP contribution in [0.4, 0.5) is 0 Å². The van der Waals surface area contributed by atoms with Crippen molar-refractivity contribution in [3.05, 3.63) is 57.6 Å². The predicted molar refractivity (Wildman–Crippen MR) is 91.0 cm³/mol. The van der Waals surface area contributed by atoms with Crippen LogP contribution < -0.4 is 5.32 Å². The van der Waals surface area contributed by atoms with E-state index in [2.05, 4.69) is 56.4 Å². The standard InChI is InChI=1S/C19H22ClN/c1-12-8-14(3)18(9-13(12)2)15-4-5-16(19(20)10-15)11-21-17-6-7-17/h4-5,8-10,17,21H,6-7,11H2,1-3H3. The van der Waals surface area contributed by atoms with Gasteiger partial charge in [0.2, 0.25) is 0 Å². The Hall–Kier alpha value is -1.31. The summed E-state index contributed by atoms with van der Waals surface area (Å²) in [5.74, 6) is 0. The van der Waals surface area contributed by atoms with Crippen molar-refractivity contribution < 1.29 is 0 Å². The third-order valence-electron chi connectivity index (χ3n) is 4.36. The molecular formula is C19H22ClN. The molecule has 0 aromatic heterocycles. The zero-order valence-corrected chi connectivity index (χ0v) is 13.7. The Kier molecular flexibility index (Phi) is 4.05. The van der Waals surface area contributed by atoms with E-state index in [9.17, 15) is 0 Å². The molecule has 0 amide bonds. The van der Waals surface area contributed by atoms with Crippen LogP contribution in [0, 0.1) is 20.8 Å². The van der Waals surface area contributed by atoms with E-state index in [1.807, 2.05) is 0 Å². The first-order valence-corrected chi connectivity index (χ1v) is 8.02. The van der Waals surface area contributed by atoms with Gasteiger partial charge in [0, 0.05) is 17.6 Å². The van der Waals surface area contributed by atoms with Crippen molar-refractivity contribution >= 4 is 11.6 Å². The van der Waals surface area contributed by atoms with Crippen molar-refractivity contribution in [1.29, 1.82) is 0 Å². The zero-order chi connectivity index (χ0) is 15.0. The van der Waals surface area contributed by atoms with Crippen molar-refractivity contribution in [2.24, 2.45) is 0 Å². The van der Waals surface area contributed by atoms with Crippen LogP contribution in [0.25, 0.3) is 11.1 Å². The zero-order valence-electron chi connectivity index (χ0n) is 13.0. The Balaban J connectivity index is 1.88. The smallest absolute Gasteiger partial charge is 0.0457 e. The van der Waals surface area contributed by atoms with E-state index in [-0.39, 0.29) is 0 Å². The van der Waals surface area contributed by atoms with E-state index in [0.29, 0.717) is 6.04 Å². The third-order valence-corrected chi connectivity index (χ3v) is 4.72. The van der Waals surface area contributed by atoms with Crippen LogP contribution in [0.1, 0.15) is 35.1 Å². The summed E-state index contributed by atoms with van der Waals surface area (Å²) in [7, 11) is 0. The van der Waals surface area contributed by atoms with Gasteiger partial charge in [0.25, 0.3) is 0 Å². The number of hydrogen-bond acceptors (Lipinski definition) is 1. The Morgan fingerprint density at radius 2 is 1.71 bits per heavy atom. The van der Waals surface area contributed by atoms with Gasteiger partial charge in [-0.1, -0.05) is 35.9 Å². The lowest BCUT2D eigenvalue weighted by molar-refractivity contribution is 0.688. The summed E-state index contributed by atoms with van der Waals surface area (Å²) in [4.78, 5) is 0. The van der Waals surface area contributed by atoms with Crippen LogP contribution >= 0.6 is 11.6 Å². The molecule has 110 valence electrons. The van der Waals surface area contributed by atoms with Crippen LogP contribution in [0.15, 0.2) is 30.3 Å². The highest BCUT2D eigenvalue weighted by molar-refractivity contribution is 6.31. The van der Waals surface area contributed by atoms with E-state index in [0.717, 1.165) is 11.6 Å². The van der Waals surface area contributed by atoms with Crippen molar-refractivity contribution in [3.8, 4) is 11.1 Å². The van der Waals surface area contributed by atoms with Gasteiger partial charge in [0.15, 0.2) is 0 Å². The molecule has 0 radical (unpaired) electrons. The summed E-state index contributed by atoms with van der Waals surface area (Å²) in [5.41, 5.74) is 7.64. The molecule has 3 rings (SSSR count). The molecule has 2 heteroatoms. The minimum Gasteiger partial charge on any atom is -0.310 e. The number of aryl methyl sites for hydroxylation is 3. The highest BCUT2D eigenvalue weighted by atomic mass is 35.5. The number of nitrogens with one attached hydrogen (secondary N) is 1. The molecule has 1 N–H and O–H groups in total. The molecule has 2 aromatic carbocycles. The Morgan fingerprint density at radius 1 is 1.00 bits per heavy atom. The van der Waals surface area contributed by atoms with Gasteiger partial charge in [-0.05, 0) is 73.1 Å². The molecule has 0 atom stereocenters. The largest absolute Gasteiger partial charge is 0.310 e. The molecule has 1 saturated carbocycles. The summed E-state index contributed by atoms with van der Waals surface area (Å²) < 4.78 is 0. The minimum atomic E-state index is 0.711. The summed E-state index contributed by atoms with van der Waals surface area (Å²) in [6.45, 7) is 7.35. The lowest BCUT2D eigenvalue weighted by atomic mass is 9.95. The molecule has 1 fully saturated rings. The molecule has 0 spiro atoms. The average molecular weight is 300 g/mol. The normalized spacial score (nSPS) is 14.5. The minimum absolute atomic E-state index is 0.711. The molecule has 0 unspecified atom stereocenters. The molecule has 1 aliphatic rings. The SMILES string of the molecule is Cc1cc(C)c(-c2ccc(CNC3CC3)c(Cl)c2)cc1C. The van der Waals surface area contributed by atoms with Gasteiger partial charge in [0.1, 0.15) is 0 Å². The van der Waals surface area contributed by atoms with Crippen LogP contribution in [-0.4, -0.2) is 6.04 Å². The Labute approximate surface area is 132 Å². The Bertz CT molecular complexity index is 672. The fourth-order valence-corrected chi connectivity index (χ4v) is 2.92. The predicted octanol–water partition coefficient (Wildman–Crippen LogP) is 5.18. The van der Waals surface area contributed by atoms with Gasteiger partial charge in [-0.3, -0.25) is 0 Å². The number of benzene rings is 2. The summed E-state index contributed by atoms with van der Waals surface area (Å²) in [6, 6.07) is 11.7. The molecular weight excluding hydrogens is 278 g/mol. The first-order valence-electron chi connectivity index (χ1n) is 7.64. The van der Waals surface area contributed by atoms with Crippen LogP contribution in [-0.2, 0) is 6.54 Å². The van der Waals surface area contributed by atoms with Gasteiger partial charge >= 0.3 is 0 Å². The van der Waals surface area contributed by atoms with Gasteiger partial charge in [-0.2, -0.15) is 0 Å². The molecule has 0 heterocycles. The quantitative estimate of drug-likeness (QED) is 0.820. The van der Waals surface area contributed by atoms with Crippen molar-refractivity contribution in [3.63, 3.8) is 0 Å². The van der Waals surface area contributed by atoms with Gasteiger partial charge < -0.3 is 5.32 Å². The maximum atomic E-state index is 6.47. The molecule has 21 heavy (non-hydrogen) atoms. The van der Waals surface area contributed by atoms with Crippen LogP contribution in [0.2, 0.25) is 5.02 Å². The maximum absolute atomic E-state index is 6.47. The van der Waals surface area contributed by atoms with E-state index in [1.54, 1.807) is 0 Å². The average Bonchev–Trinajstić information content (AvgIpc) is 3.25.